The van der Waals surface area contributed by atoms with Crippen LogP contribution in [0.2, 0.25) is 5.02 Å². The molecular formula is C22H27ClN4O3. The van der Waals surface area contributed by atoms with E-state index >= 15 is 0 Å². The number of morpholine rings is 1. The van der Waals surface area contributed by atoms with Crippen LogP contribution in [-0.2, 0) is 4.74 Å². The van der Waals surface area contributed by atoms with Crippen LogP contribution in [0, 0.1) is 0 Å². The van der Waals surface area contributed by atoms with Crippen LogP contribution in [0.3, 0.4) is 0 Å². The lowest BCUT2D eigenvalue weighted by molar-refractivity contribution is 0.122. The molecule has 4 rings (SSSR count). The van der Waals surface area contributed by atoms with Gasteiger partial charge in [-0.25, -0.2) is 4.98 Å². The Kier molecular flexibility index (Phi) is 6.32. The van der Waals surface area contributed by atoms with E-state index < -0.39 is 0 Å². The van der Waals surface area contributed by atoms with Crippen LogP contribution in [0.1, 0.15) is 0 Å². The van der Waals surface area contributed by atoms with Crippen LogP contribution < -0.4 is 14.4 Å². The number of hydrogen-bond donors (Lipinski definition) is 0. The van der Waals surface area contributed by atoms with Crippen molar-refractivity contribution in [2.24, 2.45) is 0 Å². The molecule has 0 radical (unpaired) electrons. The molecule has 7 nitrogen and oxygen atoms in total. The second-order valence-corrected chi connectivity index (χ2v) is 7.92. The summed E-state index contributed by atoms with van der Waals surface area (Å²) >= 11 is 6.42. The third-order valence-electron chi connectivity index (χ3n) is 5.15. The molecule has 160 valence electrons. The Morgan fingerprint density at radius 3 is 2.70 bits per heavy atom. The van der Waals surface area contributed by atoms with E-state index in [1.54, 1.807) is 7.11 Å². The highest BCUT2D eigenvalue weighted by atomic mass is 35.5. The van der Waals surface area contributed by atoms with E-state index in [0.29, 0.717) is 23.1 Å². The molecule has 3 heterocycles. The number of rotatable bonds is 7. The number of nitrogens with zero attached hydrogens (tertiary/aromatic N) is 4. The van der Waals surface area contributed by atoms with Crippen molar-refractivity contribution in [1.29, 1.82) is 0 Å². The van der Waals surface area contributed by atoms with E-state index in [1.165, 1.54) is 0 Å². The molecule has 0 bridgehead atoms. The lowest BCUT2D eigenvalue weighted by Crippen LogP contribution is -2.36. The van der Waals surface area contributed by atoms with E-state index in [1.807, 2.05) is 43.0 Å². The van der Waals surface area contributed by atoms with E-state index in [4.69, 9.17) is 30.8 Å². The number of aromatic nitrogens is 2. The maximum atomic E-state index is 6.42. The predicted molar refractivity (Wildman–Crippen MR) is 119 cm³/mol. The van der Waals surface area contributed by atoms with Gasteiger partial charge in [0, 0.05) is 55.4 Å². The van der Waals surface area contributed by atoms with Gasteiger partial charge in [-0.05, 0) is 26.2 Å². The van der Waals surface area contributed by atoms with Gasteiger partial charge in [-0.3, -0.25) is 0 Å². The van der Waals surface area contributed by atoms with Gasteiger partial charge in [-0.15, -0.1) is 0 Å². The number of methoxy groups -OCH3 is 1. The molecule has 0 amide bonds. The minimum Gasteiger partial charge on any atom is -0.495 e. The molecule has 3 aromatic rings. The fraction of sp³-hybridized carbons (Fsp3) is 0.409. The van der Waals surface area contributed by atoms with Gasteiger partial charge in [0.2, 0.25) is 0 Å². The molecule has 1 aliphatic heterocycles. The Bertz CT molecular complexity index is 1020. The predicted octanol–water partition coefficient (Wildman–Crippen LogP) is 3.44. The van der Waals surface area contributed by atoms with Crippen molar-refractivity contribution >= 4 is 22.9 Å². The zero-order chi connectivity index (χ0) is 21.1. The van der Waals surface area contributed by atoms with Crippen molar-refractivity contribution in [2.75, 3.05) is 65.6 Å². The van der Waals surface area contributed by atoms with Gasteiger partial charge in [0.25, 0.3) is 0 Å². The van der Waals surface area contributed by atoms with Gasteiger partial charge < -0.3 is 28.4 Å². The molecule has 1 saturated heterocycles. The first-order valence-electron chi connectivity index (χ1n) is 10.0. The first kappa shape index (κ1) is 20.8. The van der Waals surface area contributed by atoms with Gasteiger partial charge in [-0.1, -0.05) is 11.6 Å². The highest BCUT2D eigenvalue weighted by Crippen LogP contribution is 2.38. The van der Waals surface area contributed by atoms with E-state index in [9.17, 15) is 0 Å². The summed E-state index contributed by atoms with van der Waals surface area (Å²) in [6.45, 7) is 4.65. The third-order valence-corrected chi connectivity index (χ3v) is 5.44. The van der Waals surface area contributed by atoms with Crippen molar-refractivity contribution in [3.8, 4) is 22.8 Å². The minimum atomic E-state index is 0.526. The van der Waals surface area contributed by atoms with Crippen molar-refractivity contribution in [3.05, 3.63) is 41.7 Å². The second-order valence-electron chi connectivity index (χ2n) is 7.51. The summed E-state index contributed by atoms with van der Waals surface area (Å²) in [6.07, 6.45) is 4.03. The Balaban J connectivity index is 1.68. The fourth-order valence-electron chi connectivity index (χ4n) is 3.47. The molecule has 0 unspecified atom stereocenters. The van der Waals surface area contributed by atoms with Crippen molar-refractivity contribution in [1.82, 2.24) is 14.3 Å². The lowest BCUT2D eigenvalue weighted by Gasteiger charge is -2.28. The number of fused-ring (bicyclic) bond motifs is 1. The number of hydrogen-bond acceptors (Lipinski definition) is 6. The number of halogens is 1. The Labute approximate surface area is 181 Å². The number of ether oxygens (including phenoxy) is 3. The highest BCUT2D eigenvalue weighted by Gasteiger charge is 2.17. The summed E-state index contributed by atoms with van der Waals surface area (Å²) in [7, 11) is 5.63. The molecule has 0 saturated carbocycles. The SMILES string of the molecule is COc1cc(OCCN(C)C)c(-c2cn3ccc(N4CCOCC4)cc3n2)cc1Cl. The Morgan fingerprint density at radius 2 is 1.97 bits per heavy atom. The van der Waals surface area contributed by atoms with Gasteiger partial charge in [0.15, 0.2) is 0 Å². The largest absolute Gasteiger partial charge is 0.495 e. The maximum Gasteiger partial charge on any atom is 0.141 e. The molecule has 1 aromatic carbocycles. The standard InChI is InChI=1S/C22H27ClN4O3/c1-25(2)6-11-30-20-14-21(28-3)18(23)13-17(20)19-15-27-5-4-16(12-22(27)24-19)26-7-9-29-10-8-26/h4-5,12-15H,6-11H2,1-3H3. The van der Waals surface area contributed by atoms with Crippen LogP contribution >= 0.6 is 11.6 Å². The zero-order valence-electron chi connectivity index (χ0n) is 17.6. The molecule has 0 aliphatic carbocycles. The van der Waals surface area contributed by atoms with E-state index in [0.717, 1.165) is 55.4 Å². The highest BCUT2D eigenvalue weighted by molar-refractivity contribution is 6.32. The van der Waals surface area contributed by atoms with E-state index in [2.05, 4.69) is 21.9 Å². The second kappa shape index (κ2) is 9.12. The van der Waals surface area contributed by atoms with Gasteiger partial charge >= 0.3 is 0 Å². The average molecular weight is 431 g/mol. The molecule has 0 atom stereocenters. The molecular weight excluding hydrogens is 404 g/mol. The van der Waals surface area contributed by atoms with Crippen LogP contribution in [0.25, 0.3) is 16.9 Å². The summed E-state index contributed by atoms with van der Waals surface area (Å²) < 4.78 is 18.9. The Hall–Kier alpha value is -2.48. The molecule has 8 heteroatoms. The van der Waals surface area contributed by atoms with Gasteiger partial charge in [0.1, 0.15) is 23.8 Å². The quantitative estimate of drug-likeness (QED) is 0.572. The van der Waals surface area contributed by atoms with Crippen LogP contribution in [0.5, 0.6) is 11.5 Å². The number of likely N-dealkylation sites (N-methyl/N-ethyl adjacent to an activating group) is 1. The molecule has 30 heavy (non-hydrogen) atoms. The summed E-state index contributed by atoms with van der Waals surface area (Å²) in [5.41, 5.74) is 3.67. The number of imidazole rings is 1. The molecule has 2 aromatic heterocycles. The smallest absolute Gasteiger partial charge is 0.141 e. The molecule has 1 aliphatic rings. The summed E-state index contributed by atoms with van der Waals surface area (Å²) in [6, 6.07) is 7.90. The lowest BCUT2D eigenvalue weighted by atomic mass is 10.1. The fourth-order valence-corrected chi connectivity index (χ4v) is 3.71. The molecule has 0 spiro atoms. The van der Waals surface area contributed by atoms with Crippen molar-refractivity contribution in [3.63, 3.8) is 0 Å². The van der Waals surface area contributed by atoms with Gasteiger partial charge in [-0.2, -0.15) is 0 Å². The van der Waals surface area contributed by atoms with Gasteiger partial charge in [0.05, 0.1) is 31.0 Å². The number of benzene rings is 1. The minimum absolute atomic E-state index is 0.526. The van der Waals surface area contributed by atoms with Crippen LogP contribution in [0.4, 0.5) is 5.69 Å². The molecule has 0 N–H and O–H groups in total. The normalized spacial score (nSPS) is 14.5. The summed E-state index contributed by atoms with van der Waals surface area (Å²) in [5.74, 6) is 1.29. The van der Waals surface area contributed by atoms with E-state index in [-0.39, 0.29) is 0 Å². The van der Waals surface area contributed by atoms with Crippen molar-refractivity contribution in [2.45, 2.75) is 0 Å². The summed E-state index contributed by atoms with van der Waals surface area (Å²) in [4.78, 5) is 9.25. The topological polar surface area (TPSA) is 51.5 Å². The van der Waals surface area contributed by atoms with Crippen LogP contribution in [0.15, 0.2) is 36.7 Å². The summed E-state index contributed by atoms with van der Waals surface area (Å²) in [5, 5.41) is 0.526. The van der Waals surface area contributed by atoms with Crippen LogP contribution in [-0.4, -0.2) is 74.9 Å². The monoisotopic (exact) mass is 430 g/mol. The first-order chi connectivity index (χ1) is 14.5. The first-order valence-corrected chi connectivity index (χ1v) is 10.4. The number of anilines is 1. The van der Waals surface area contributed by atoms with Crippen molar-refractivity contribution < 1.29 is 14.2 Å². The zero-order valence-corrected chi connectivity index (χ0v) is 18.4. The average Bonchev–Trinajstić information content (AvgIpc) is 3.18. The Morgan fingerprint density at radius 1 is 1.17 bits per heavy atom. The third kappa shape index (κ3) is 4.48. The maximum absolute atomic E-state index is 6.42. The molecule has 1 fully saturated rings. The number of pyridine rings is 1.